The number of fused-ring (bicyclic) bond motifs is 1. The van der Waals surface area contributed by atoms with E-state index in [1.807, 2.05) is 24.3 Å². The third kappa shape index (κ3) is 4.94. The van der Waals surface area contributed by atoms with Gasteiger partial charge in [0, 0.05) is 0 Å². The number of carbonyl (C=O) groups excluding carboxylic acids is 1. The van der Waals surface area contributed by atoms with Crippen LogP contribution in [0.15, 0.2) is 66.7 Å². The first-order valence-corrected chi connectivity index (χ1v) is 11.9. The van der Waals surface area contributed by atoms with Gasteiger partial charge < -0.3 is 9.47 Å². The van der Waals surface area contributed by atoms with Crippen LogP contribution in [0.5, 0.6) is 11.5 Å². The number of esters is 1. The summed E-state index contributed by atoms with van der Waals surface area (Å²) in [6, 6.07) is 21.5. The largest absolute Gasteiger partial charge is 0.497 e. The van der Waals surface area contributed by atoms with Crippen LogP contribution in [0, 0.1) is 0 Å². The van der Waals surface area contributed by atoms with Gasteiger partial charge in [-0.05, 0) is 94.8 Å². The molecule has 4 rings (SSSR count). The number of ether oxygens (including phenoxy) is 2. The van der Waals surface area contributed by atoms with Crippen LogP contribution < -0.4 is 9.47 Å². The van der Waals surface area contributed by atoms with E-state index in [1.165, 1.54) is 35.1 Å². The van der Waals surface area contributed by atoms with Crippen LogP contribution in [0.1, 0.15) is 80.1 Å². The van der Waals surface area contributed by atoms with Gasteiger partial charge in [0.05, 0.1) is 12.7 Å². The van der Waals surface area contributed by atoms with Crippen molar-refractivity contribution in [1.82, 2.24) is 0 Å². The van der Waals surface area contributed by atoms with Gasteiger partial charge in [0.2, 0.25) is 0 Å². The average Bonchev–Trinajstić information content (AvgIpc) is 2.83. The number of carbonyl (C=O) groups is 1. The van der Waals surface area contributed by atoms with Crippen LogP contribution in [-0.4, -0.2) is 13.1 Å². The zero-order valence-electron chi connectivity index (χ0n) is 21.1. The van der Waals surface area contributed by atoms with E-state index in [1.54, 1.807) is 31.4 Å². The molecule has 0 spiro atoms. The van der Waals surface area contributed by atoms with Gasteiger partial charge in [-0.2, -0.15) is 0 Å². The van der Waals surface area contributed by atoms with E-state index in [2.05, 4.69) is 58.9 Å². The molecule has 3 heteroatoms. The van der Waals surface area contributed by atoms with Crippen molar-refractivity contribution < 1.29 is 14.3 Å². The second kappa shape index (κ2) is 9.13. The summed E-state index contributed by atoms with van der Waals surface area (Å²) in [7, 11) is 1.60. The molecule has 0 N–H and O–H groups in total. The molecule has 3 aromatic rings. The van der Waals surface area contributed by atoms with E-state index in [0.717, 1.165) is 5.56 Å². The summed E-state index contributed by atoms with van der Waals surface area (Å²) in [6.45, 7) is 11.6. The van der Waals surface area contributed by atoms with Crippen molar-refractivity contribution >= 4 is 17.6 Å². The summed E-state index contributed by atoms with van der Waals surface area (Å²) >= 11 is 0. The first kappa shape index (κ1) is 23.8. The zero-order valence-corrected chi connectivity index (χ0v) is 21.1. The van der Waals surface area contributed by atoms with Gasteiger partial charge >= 0.3 is 5.97 Å². The molecule has 1 aliphatic rings. The highest BCUT2D eigenvalue weighted by Gasteiger charge is 2.36. The Kier molecular flexibility index (Phi) is 6.40. The summed E-state index contributed by atoms with van der Waals surface area (Å²) in [5.74, 6) is 0.837. The minimum atomic E-state index is -0.387. The maximum absolute atomic E-state index is 12.4. The van der Waals surface area contributed by atoms with E-state index in [-0.39, 0.29) is 16.8 Å². The van der Waals surface area contributed by atoms with Crippen molar-refractivity contribution in [2.75, 3.05) is 7.11 Å². The van der Waals surface area contributed by atoms with Crippen LogP contribution in [0.2, 0.25) is 0 Å². The van der Waals surface area contributed by atoms with Crippen molar-refractivity contribution in [3.8, 4) is 11.5 Å². The Hall–Kier alpha value is -3.33. The molecule has 0 fully saturated rings. The monoisotopic (exact) mass is 454 g/mol. The van der Waals surface area contributed by atoms with Gasteiger partial charge in [-0.25, -0.2) is 4.79 Å². The maximum Gasteiger partial charge on any atom is 0.343 e. The third-order valence-electron chi connectivity index (χ3n) is 7.11. The first-order valence-electron chi connectivity index (χ1n) is 11.9. The Labute approximate surface area is 203 Å². The molecule has 0 radical (unpaired) electrons. The van der Waals surface area contributed by atoms with Gasteiger partial charge in [-0.3, -0.25) is 0 Å². The van der Waals surface area contributed by atoms with Crippen molar-refractivity contribution in [2.45, 2.75) is 58.3 Å². The van der Waals surface area contributed by atoms with E-state index in [9.17, 15) is 4.79 Å². The molecule has 0 unspecified atom stereocenters. The lowest BCUT2D eigenvalue weighted by molar-refractivity contribution is 0.0734. The highest BCUT2D eigenvalue weighted by atomic mass is 16.5. The predicted octanol–water partition coefficient (Wildman–Crippen LogP) is 7.82. The molecule has 34 heavy (non-hydrogen) atoms. The second-order valence-electron chi connectivity index (χ2n) is 10.5. The standard InChI is InChI=1S/C31H34O3/c1-21(24-11-16-27-28(20-24)31(4,5)18-17-30(27,2)3)19-22-7-12-26(13-8-22)34-29(32)23-9-14-25(33-6)15-10-23/h7-16,19-20H,17-18H2,1-6H3/b21-19+. The molecule has 0 aliphatic heterocycles. The molecule has 176 valence electrons. The number of rotatable bonds is 5. The minimum absolute atomic E-state index is 0.191. The Balaban J connectivity index is 1.51. The minimum Gasteiger partial charge on any atom is -0.497 e. The van der Waals surface area contributed by atoms with Gasteiger partial charge in [0.15, 0.2) is 0 Å². The Morgan fingerprint density at radius 1 is 0.765 bits per heavy atom. The summed E-state index contributed by atoms with van der Waals surface area (Å²) in [5, 5.41) is 0. The maximum atomic E-state index is 12.4. The molecule has 0 heterocycles. The third-order valence-corrected chi connectivity index (χ3v) is 7.11. The topological polar surface area (TPSA) is 35.5 Å². The summed E-state index contributed by atoms with van der Waals surface area (Å²) < 4.78 is 10.7. The lowest BCUT2D eigenvalue weighted by Crippen LogP contribution is -2.33. The lowest BCUT2D eigenvalue weighted by atomic mass is 9.63. The molecular weight excluding hydrogens is 420 g/mol. The summed E-state index contributed by atoms with van der Waals surface area (Å²) in [4.78, 5) is 12.4. The van der Waals surface area contributed by atoms with Crippen LogP contribution in [0.4, 0.5) is 0 Å². The normalized spacial score (nSPS) is 16.5. The fourth-order valence-corrected chi connectivity index (χ4v) is 4.69. The van der Waals surface area contributed by atoms with Crippen LogP contribution in [0.25, 0.3) is 11.6 Å². The Bertz CT molecular complexity index is 1210. The fraction of sp³-hybridized carbons (Fsp3) is 0.323. The van der Waals surface area contributed by atoms with Gasteiger partial charge in [-0.15, -0.1) is 0 Å². The molecule has 0 bridgehead atoms. The lowest BCUT2D eigenvalue weighted by Gasteiger charge is -2.42. The highest BCUT2D eigenvalue weighted by Crippen LogP contribution is 2.46. The summed E-state index contributed by atoms with van der Waals surface area (Å²) in [6.07, 6.45) is 4.60. The van der Waals surface area contributed by atoms with Gasteiger partial charge in [-0.1, -0.05) is 64.1 Å². The Morgan fingerprint density at radius 3 is 1.94 bits per heavy atom. The van der Waals surface area contributed by atoms with Crippen LogP contribution >= 0.6 is 0 Å². The zero-order chi connectivity index (χ0) is 24.5. The molecule has 0 atom stereocenters. The van der Waals surface area contributed by atoms with Crippen molar-refractivity contribution in [2.24, 2.45) is 0 Å². The van der Waals surface area contributed by atoms with Crippen LogP contribution in [-0.2, 0) is 10.8 Å². The number of allylic oxidation sites excluding steroid dienone is 1. The second-order valence-corrected chi connectivity index (χ2v) is 10.5. The molecule has 0 saturated heterocycles. The number of benzene rings is 3. The highest BCUT2D eigenvalue weighted by molar-refractivity contribution is 5.91. The molecule has 3 nitrogen and oxygen atoms in total. The molecule has 0 aromatic heterocycles. The van der Waals surface area contributed by atoms with Crippen LogP contribution in [0.3, 0.4) is 0 Å². The Morgan fingerprint density at radius 2 is 1.32 bits per heavy atom. The van der Waals surface area contributed by atoms with Crippen molar-refractivity contribution in [3.63, 3.8) is 0 Å². The molecule has 1 aliphatic carbocycles. The quantitative estimate of drug-likeness (QED) is 0.224. The molecular formula is C31H34O3. The number of methoxy groups -OCH3 is 1. The van der Waals surface area contributed by atoms with E-state index in [0.29, 0.717) is 17.1 Å². The van der Waals surface area contributed by atoms with Crippen molar-refractivity contribution in [1.29, 1.82) is 0 Å². The van der Waals surface area contributed by atoms with E-state index >= 15 is 0 Å². The molecule has 0 amide bonds. The fourth-order valence-electron chi connectivity index (χ4n) is 4.69. The SMILES string of the molecule is COc1ccc(C(=O)Oc2ccc(/C=C(\C)c3ccc4c(c3)C(C)(C)CCC4(C)C)cc2)cc1. The number of hydrogen-bond acceptors (Lipinski definition) is 3. The van der Waals surface area contributed by atoms with Gasteiger partial charge in [0.25, 0.3) is 0 Å². The summed E-state index contributed by atoms with van der Waals surface area (Å²) in [5.41, 5.74) is 7.37. The smallest absolute Gasteiger partial charge is 0.343 e. The van der Waals surface area contributed by atoms with Crippen molar-refractivity contribution in [3.05, 3.63) is 94.5 Å². The van der Waals surface area contributed by atoms with Gasteiger partial charge in [0.1, 0.15) is 11.5 Å². The van der Waals surface area contributed by atoms with E-state index in [4.69, 9.17) is 9.47 Å². The molecule has 3 aromatic carbocycles. The molecule has 0 saturated carbocycles. The predicted molar refractivity (Wildman–Crippen MR) is 140 cm³/mol. The van der Waals surface area contributed by atoms with E-state index < -0.39 is 0 Å². The first-order chi connectivity index (χ1) is 16.1. The number of hydrogen-bond donors (Lipinski definition) is 0. The average molecular weight is 455 g/mol.